The van der Waals surface area contributed by atoms with Crippen LogP contribution in [-0.4, -0.2) is 38.3 Å². The quantitative estimate of drug-likeness (QED) is 0.509. The predicted octanol–water partition coefficient (Wildman–Crippen LogP) is 3.26. The summed E-state index contributed by atoms with van der Waals surface area (Å²) >= 11 is 5.93. The van der Waals surface area contributed by atoms with Crippen molar-refractivity contribution in [3.05, 3.63) is 58.6 Å². The van der Waals surface area contributed by atoms with E-state index in [1.807, 2.05) is 13.8 Å². The highest BCUT2D eigenvalue weighted by atomic mass is 35.5. The molecule has 1 atom stereocenters. The summed E-state index contributed by atoms with van der Waals surface area (Å²) in [4.78, 5) is 25.0. The largest absolute Gasteiger partial charge is 0.497 e. The highest BCUT2D eigenvalue weighted by Crippen LogP contribution is 2.22. The van der Waals surface area contributed by atoms with Crippen molar-refractivity contribution in [3.63, 3.8) is 0 Å². The molecule has 2 N–H and O–H groups in total. The van der Waals surface area contributed by atoms with Gasteiger partial charge in [-0.3, -0.25) is 9.59 Å². The molecular formula is C21H24ClN3O4. The molecule has 0 aliphatic rings. The molecule has 0 spiro atoms. The van der Waals surface area contributed by atoms with Gasteiger partial charge in [0, 0.05) is 16.1 Å². The average molecular weight is 418 g/mol. The van der Waals surface area contributed by atoms with E-state index in [0.29, 0.717) is 27.6 Å². The Bertz CT molecular complexity index is 899. The first-order chi connectivity index (χ1) is 13.8. The monoisotopic (exact) mass is 417 g/mol. The van der Waals surface area contributed by atoms with Crippen molar-refractivity contribution in [2.45, 2.75) is 19.9 Å². The lowest BCUT2D eigenvalue weighted by atomic mass is 10.0. The normalized spacial score (nSPS) is 11.9. The zero-order valence-electron chi connectivity index (χ0n) is 16.7. The third-order valence-corrected chi connectivity index (χ3v) is 4.37. The molecule has 0 heterocycles. The molecule has 2 aromatic carbocycles. The molecule has 0 saturated heterocycles. The number of hydrogen-bond acceptors (Lipinski definition) is 5. The third-order valence-electron chi connectivity index (χ3n) is 4.14. The number of hydrazone groups is 1. The van der Waals surface area contributed by atoms with Crippen LogP contribution in [0, 0.1) is 5.92 Å². The Morgan fingerprint density at radius 1 is 1.10 bits per heavy atom. The van der Waals surface area contributed by atoms with Crippen LogP contribution >= 0.6 is 11.6 Å². The Labute approximate surface area is 175 Å². The topological polar surface area (TPSA) is 89.0 Å². The SMILES string of the molecule is COc1ccc(OC)c(/C=N\NC(=O)C(NC(=O)c2cccc(Cl)c2)C(C)C)c1. The van der Waals surface area contributed by atoms with E-state index in [2.05, 4.69) is 15.8 Å². The van der Waals surface area contributed by atoms with Gasteiger partial charge in [-0.25, -0.2) is 5.43 Å². The van der Waals surface area contributed by atoms with E-state index in [1.54, 1.807) is 49.6 Å². The lowest BCUT2D eigenvalue weighted by Crippen LogP contribution is -2.48. The van der Waals surface area contributed by atoms with Crippen molar-refractivity contribution in [1.82, 2.24) is 10.7 Å². The second-order valence-electron chi connectivity index (χ2n) is 6.55. The van der Waals surface area contributed by atoms with E-state index in [-0.39, 0.29) is 11.8 Å². The number of halogens is 1. The number of nitrogens with one attached hydrogen (secondary N) is 2. The van der Waals surface area contributed by atoms with Gasteiger partial charge >= 0.3 is 0 Å². The summed E-state index contributed by atoms with van der Waals surface area (Å²) < 4.78 is 10.5. The number of hydrogen-bond donors (Lipinski definition) is 2. The number of amides is 2. The van der Waals surface area contributed by atoms with Crippen LogP contribution in [0.15, 0.2) is 47.6 Å². The summed E-state index contributed by atoms with van der Waals surface area (Å²) in [6.45, 7) is 3.66. The number of nitrogens with zero attached hydrogens (tertiary/aromatic N) is 1. The van der Waals surface area contributed by atoms with Gasteiger partial charge in [-0.1, -0.05) is 31.5 Å². The van der Waals surface area contributed by atoms with Gasteiger partial charge < -0.3 is 14.8 Å². The minimum Gasteiger partial charge on any atom is -0.497 e. The Morgan fingerprint density at radius 3 is 2.48 bits per heavy atom. The van der Waals surface area contributed by atoms with Crippen molar-refractivity contribution >= 4 is 29.6 Å². The highest BCUT2D eigenvalue weighted by molar-refractivity contribution is 6.31. The van der Waals surface area contributed by atoms with E-state index in [9.17, 15) is 9.59 Å². The molecule has 0 saturated carbocycles. The molecular weight excluding hydrogens is 394 g/mol. The van der Waals surface area contributed by atoms with Gasteiger partial charge in [0.1, 0.15) is 17.5 Å². The minimum atomic E-state index is -0.772. The predicted molar refractivity (Wildman–Crippen MR) is 113 cm³/mol. The van der Waals surface area contributed by atoms with E-state index >= 15 is 0 Å². The molecule has 8 heteroatoms. The van der Waals surface area contributed by atoms with Crippen LogP contribution in [0.25, 0.3) is 0 Å². The highest BCUT2D eigenvalue weighted by Gasteiger charge is 2.24. The summed E-state index contributed by atoms with van der Waals surface area (Å²) in [5.41, 5.74) is 3.47. The molecule has 0 fully saturated rings. The smallest absolute Gasteiger partial charge is 0.262 e. The zero-order chi connectivity index (χ0) is 21.4. The number of rotatable bonds is 8. The van der Waals surface area contributed by atoms with Crippen molar-refractivity contribution in [3.8, 4) is 11.5 Å². The Morgan fingerprint density at radius 2 is 1.86 bits per heavy atom. The minimum absolute atomic E-state index is 0.153. The molecule has 0 aliphatic heterocycles. The molecule has 0 radical (unpaired) electrons. The van der Waals surface area contributed by atoms with Gasteiger partial charge in [-0.05, 0) is 42.3 Å². The molecule has 29 heavy (non-hydrogen) atoms. The first-order valence-electron chi connectivity index (χ1n) is 8.97. The van der Waals surface area contributed by atoms with Crippen molar-refractivity contribution in [1.29, 1.82) is 0 Å². The Balaban J connectivity index is 2.08. The number of carbonyl (C=O) groups is 2. The van der Waals surface area contributed by atoms with Crippen molar-refractivity contribution < 1.29 is 19.1 Å². The average Bonchev–Trinajstić information content (AvgIpc) is 2.71. The molecule has 2 rings (SSSR count). The van der Waals surface area contributed by atoms with Crippen LogP contribution in [0.4, 0.5) is 0 Å². The lowest BCUT2D eigenvalue weighted by Gasteiger charge is -2.20. The fraction of sp³-hybridized carbons (Fsp3) is 0.286. The van der Waals surface area contributed by atoms with E-state index in [4.69, 9.17) is 21.1 Å². The van der Waals surface area contributed by atoms with E-state index in [1.165, 1.54) is 13.3 Å². The summed E-state index contributed by atoms with van der Waals surface area (Å²) in [5.74, 6) is 0.235. The number of benzene rings is 2. The van der Waals surface area contributed by atoms with Crippen LogP contribution in [0.5, 0.6) is 11.5 Å². The fourth-order valence-electron chi connectivity index (χ4n) is 2.56. The summed E-state index contributed by atoms with van der Waals surface area (Å²) in [6.07, 6.45) is 1.45. The summed E-state index contributed by atoms with van der Waals surface area (Å²) in [5, 5.41) is 7.16. The van der Waals surface area contributed by atoms with Gasteiger partial charge in [0.05, 0.1) is 20.4 Å². The van der Waals surface area contributed by atoms with Gasteiger partial charge in [-0.2, -0.15) is 5.10 Å². The maximum absolute atomic E-state index is 12.6. The Kier molecular flexibility index (Phi) is 8.03. The van der Waals surface area contributed by atoms with Gasteiger partial charge in [-0.15, -0.1) is 0 Å². The second kappa shape index (κ2) is 10.5. The molecule has 0 aliphatic carbocycles. The molecule has 154 valence electrons. The van der Waals surface area contributed by atoms with E-state index < -0.39 is 11.9 Å². The first kappa shape index (κ1) is 22.2. The number of methoxy groups -OCH3 is 2. The molecule has 1 unspecified atom stereocenters. The van der Waals surface area contributed by atoms with Crippen LogP contribution < -0.4 is 20.2 Å². The maximum atomic E-state index is 12.6. The van der Waals surface area contributed by atoms with Crippen molar-refractivity contribution in [2.75, 3.05) is 14.2 Å². The summed E-state index contributed by atoms with van der Waals surface area (Å²) in [7, 11) is 3.10. The van der Waals surface area contributed by atoms with Gasteiger partial charge in [0.2, 0.25) is 0 Å². The van der Waals surface area contributed by atoms with Gasteiger partial charge in [0.15, 0.2) is 0 Å². The zero-order valence-corrected chi connectivity index (χ0v) is 17.5. The van der Waals surface area contributed by atoms with Crippen LogP contribution in [-0.2, 0) is 4.79 Å². The third kappa shape index (κ3) is 6.22. The van der Waals surface area contributed by atoms with Crippen molar-refractivity contribution in [2.24, 2.45) is 11.0 Å². The first-order valence-corrected chi connectivity index (χ1v) is 9.35. The molecule has 7 nitrogen and oxygen atoms in total. The molecule has 2 aromatic rings. The number of carbonyl (C=O) groups excluding carboxylic acids is 2. The van der Waals surface area contributed by atoms with E-state index in [0.717, 1.165) is 0 Å². The van der Waals surface area contributed by atoms with Crippen LogP contribution in [0.2, 0.25) is 5.02 Å². The lowest BCUT2D eigenvalue weighted by molar-refractivity contribution is -0.123. The second-order valence-corrected chi connectivity index (χ2v) is 6.98. The Hall–Kier alpha value is -3.06. The summed E-state index contributed by atoms with van der Waals surface area (Å²) in [6, 6.07) is 11.0. The molecule has 0 aromatic heterocycles. The maximum Gasteiger partial charge on any atom is 0.262 e. The van der Waals surface area contributed by atoms with Gasteiger partial charge in [0.25, 0.3) is 11.8 Å². The molecule has 2 amide bonds. The van der Waals surface area contributed by atoms with Crippen LogP contribution in [0.3, 0.4) is 0 Å². The van der Waals surface area contributed by atoms with Crippen LogP contribution in [0.1, 0.15) is 29.8 Å². The fourth-order valence-corrected chi connectivity index (χ4v) is 2.75. The standard InChI is InChI=1S/C21H24ClN3O4/c1-13(2)19(24-20(26)14-6-5-7-16(22)10-14)21(27)25-23-12-15-11-17(28-3)8-9-18(15)29-4/h5-13,19H,1-4H3,(H,24,26)(H,25,27)/b23-12-. The number of ether oxygens (including phenoxy) is 2. The molecule has 0 bridgehead atoms.